The molecule has 1 unspecified atom stereocenters. The van der Waals surface area contributed by atoms with Crippen molar-refractivity contribution < 1.29 is 8.42 Å². The zero-order valence-electron chi connectivity index (χ0n) is 10.5. The average molecular weight is 255 g/mol. The zero-order valence-corrected chi connectivity index (χ0v) is 11.3. The van der Waals surface area contributed by atoms with Gasteiger partial charge in [-0.25, -0.2) is 8.42 Å². The van der Waals surface area contributed by atoms with Crippen LogP contribution in [0.1, 0.15) is 25.3 Å². The van der Waals surface area contributed by atoms with Crippen molar-refractivity contribution in [2.75, 3.05) is 12.0 Å². The minimum atomic E-state index is -2.94. The molecule has 0 fully saturated rings. The van der Waals surface area contributed by atoms with Crippen LogP contribution in [0, 0.1) is 0 Å². The molecule has 0 aromatic heterocycles. The van der Waals surface area contributed by atoms with Gasteiger partial charge in [0.05, 0.1) is 5.75 Å². The van der Waals surface area contributed by atoms with Crippen LogP contribution in [0.15, 0.2) is 30.3 Å². The van der Waals surface area contributed by atoms with E-state index < -0.39 is 15.4 Å². The number of hydrogen-bond acceptors (Lipinski definition) is 3. The molecule has 2 N–H and O–H groups in total. The molecule has 0 radical (unpaired) electrons. The molecule has 0 saturated heterocycles. The Morgan fingerprint density at radius 3 is 2.29 bits per heavy atom. The number of benzene rings is 1. The van der Waals surface area contributed by atoms with E-state index in [1.165, 1.54) is 6.26 Å². The summed E-state index contributed by atoms with van der Waals surface area (Å²) in [6.45, 7) is 2.01. The summed E-state index contributed by atoms with van der Waals surface area (Å²) in [6, 6.07) is 9.96. The maximum atomic E-state index is 11.2. The second-order valence-corrected chi connectivity index (χ2v) is 7.02. The first-order valence-electron chi connectivity index (χ1n) is 5.85. The first-order valence-corrected chi connectivity index (χ1v) is 7.91. The van der Waals surface area contributed by atoms with Crippen LogP contribution in [0.25, 0.3) is 0 Å². The van der Waals surface area contributed by atoms with Crippen molar-refractivity contribution in [3.05, 3.63) is 35.9 Å². The van der Waals surface area contributed by atoms with Gasteiger partial charge in [-0.15, -0.1) is 0 Å². The SMILES string of the molecule is CCC(N)(CCS(C)(=O)=O)Cc1ccccc1. The molecule has 0 aliphatic carbocycles. The van der Waals surface area contributed by atoms with E-state index in [0.717, 1.165) is 18.4 Å². The third kappa shape index (κ3) is 5.33. The molecular formula is C13H21NO2S. The van der Waals surface area contributed by atoms with Gasteiger partial charge in [-0.2, -0.15) is 0 Å². The minimum Gasteiger partial charge on any atom is -0.325 e. The summed E-state index contributed by atoms with van der Waals surface area (Å²) < 4.78 is 22.4. The fourth-order valence-corrected chi connectivity index (χ4v) is 2.56. The lowest BCUT2D eigenvalue weighted by Gasteiger charge is -2.28. The quantitative estimate of drug-likeness (QED) is 0.842. The summed E-state index contributed by atoms with van der Waals surface area (Å²) in [4.78, 5) is 0. The Hall–Kier alpha value is -0.870. The molecule has 1 aromatic rings. The first-order chi connectivity index (χ1) is 7.85. The van der Waals surface area contributed by atoms with E-state index in [4.69, 9.17) is 5.73 Å². The lowest BCUT2D eigenvalue weighted by atomic mass is 9.87. The molecule has 0 aliphatic heterocycles. The predicted octanol–water partition coefficient (Wildman–Crippen LogP) is 1.77. The minimum absolute atomic E-state index is 0.157. The van der Waals surface area contributed by atoms with Crippen LogP contribution < -0.4 is 5.73 Å². The van der Waals surface area contributed by atoms with Crippen molar-refractivity contribution >= 4 is 9.84 Å². The summed E-state index contributed by atoms with van der Waals surface area (Å²) in [6.07, 6.45) is 3.26. The molecule has 0 bridgehead atoms. The lowest BCUT2D eigenvalue weighted by molar-refractivity contribution is 0.393. The monoisotopic (exact) mass is 255 g/mol. The van der Waals surface area contributed by atoms with Crippen molar-refractivity contribution in [3.63, 3.8) is 0 Å². The van der Waals surface area contributed by atoms with Gasteiger partial charge in [0.1, 0.15) is 9.84 Å². The van der Waals surface area contributed by atoms with Gasteiger partial charge < -0.3 is 5.73 Å². The standard InChI is InChI=1S/C13H21NO2S/c1-3-13(14,9-10-17(2,15)16)11-12-7-5-4-6-8-12/h4-8H,3,9-11,14H2,1-2H3. The maximum absolute atomic E-state index is 11.2. The molecule has 0 saturated carbocycles. The predicted molar refractivity (Wildman–Crippen MR) is 71.7 cm³/mol. The topological polar surface area (TPSA) is 60.2 Å². The van der Waals surface area contributed by atoms with Crippen molar-refractivity contribution in [2.45, 2.75) is 31.7 Å². The second kappa shape index (κ2) is 5.65. The van der Waals surface area contributed by atoms with E-state index in [2.05, 4.69) is 0 Å². The summed E-state index contributed by atoms with van der Waals surface area (Å²) >= 11 is 0. The number of sulfone groups is 1. The van der Waals surface area contributed by atoms with Crippen LogP contribution in [0.2, 0.25) is 0 Å². The average Bonchev–Trinajstić information content (AvgIpc) is 2.27. The molecule has 1 aromatic carbocycles. The van der Waals surface area contributed by atoms with E-state index >= 15 is 0 Å². The Morgan fingerprint density at radius 2 is 1.82 bits per heavy atom. The summed E-state index contributed by atoms with van der Waals surface area (Å²) in [7, 11) is -2.94. The van der Waals surface area contributed by atoms with Gasteiger partial charge in [0.25, 0.3) is 0 Å². The van der Waals surface area contributed by atoms with E-state index in [1.807, 2.05) is 37.3 Å². The second-order valence-electron chi connectivity index (χ2n) is 4.76. The molecular weight excluding hydrogens is 234 g/mol. The van der Waals surface area contributed by atoms with Crippen LogP contribution in [0.4, 0.5) is 0 Å². The fraction of sp³-hybridized carbons (Fsp3) is 0.538. The number of rotatable bonds is 6. The molecule has 1 atom stereocenters. The van der Waals surface area contributed by atoms with Crippen LogP contribution in [-0.2, 0) is 16.3 Å². The van der Waals surface area contributed by atoms with Gasteiger partial charge in [0, 0.05) is 11.8 Å². The van der Waals surface area contributed by atoms with Gasteiger partial charge >= 0.3 is 0 Å². The Morgan fingerprint density at radius 1 is 1.24 bits per heavy atom. The van der Waals surface area contributed by atoms with E-state index in [1.54, 1.807) is 0 Å². The smallest absolute Gasteiger partial charge is 0.147 e. The van der Waals surface area contributed by atoms with E-state index in [-0.39, 0.29) is 5.75 Å². The Kier molecular flexibility index (Phi) is 4.71. The highest BCUT2D eigenvalue weighted by atomic mass is 32.2. The Bertz CT molecular complexity index is 442. The Balaban J connectivity index is 2.69. The highest BCUT2D eigenvalue weighted by Crippen LogP contribution is 2.19. The molecule has 1 rings (SSSR count). The molecule has 4 heteroatoms. The van der Waals surface area contributed by atoms with Crippen molar-refractivity contribution in [3.8, 4) is 0 Å². The first kappa shape index (κ1) is 14.2. The Labute approximate surface area is 104 Å². The fourth-order valence-electron chi connectivity index (χ4n) is 1.78. The molecule has 17 heavy (non-hydrogen) atoms. The van der Waals surface area contributed by atoms with Gasteiger partial charge in [0.2, 0.25) is 0 Å². The van der Waals surface area contributed by atoms with Gasteiger partial charge in [0.15, 0.2) is 0 Å². The van der Waals surface area contributed by atoms with Crippen LogP contribution in [-0.4, -0.2) is 26.0 Å². The lowest BCUT2D eigenvalue weighted by Crippen LogP contribution is -2.43. The maximum Gasteiger partial charge on any atom is 0.147 e. The third-order valence-electron chi connectivity index (χ3n) is 3.07. The number of nitrogens with two attached hydrogens (primary N) is 1. The van der Waals surface area contributed by atoms with Crippen LogP contribution >= 0.6 is 0 Å². The summed E-state index contributed by atoms with van der Waals surface area (Å²) in [5, 5.41) is 0. The van der Waals surface area contributed by atoms with Gasteiger partial charge in [-0.05, 0) is 24.8 Å². The summed E-state index contributed by atoms with van der Waals surface area (Å²) in [5.41, 5.74) is 7.00. The largest absolute Gasteiger partial charge is 0.325 e. The van der Waals surface area contributed by atoms with Crippen LogP contribution in [0.5, 0.6) is 0 Å². The molecule has 3 nitrogen and oxygen atoms in total. The zero-order chi connectivity index (χ0) is 12.9. The number of hydrogen-bond donors (Lipinski definition) is 1. The normalized spacial score (nSPS) is 15.5. The van der Waals surface area contributed by atoms with Crippen molar-refractivity contribution in [1.29, 1.82) is 0 Å². The molecule has 96 valence electrons. The highest BCUT2D eigenvalue weighted by molar-refractivity contribution is 7.90. The molecule has 0 spiro atoms. The third-order valence-corrected chi connectivity index (χ3v) is 4.02. The van der Waals surface area contributed by atoms with E-state index in [9.17, 15) is 8.42 Å². The molecule has 0 aliphatic rings. The summed E-state index contributed by atoms with van der Waals surface area (Å²) in [5.74, 6) is 0.157. The van der Waals surface area contributed by atoms with Crippen molar-refractivity contribution in [2.24, 2.45) is 5.73 Å². The van der Waals surface area contributed by atoms with Gasteiger partial charge in [-0.1, -0.05) is 37.3 Å². The highest BCUT2D eigenvalue weighted by Gasteiger charge is 2.24. The molecule has 0 amide bonds. The van der Waals surface area contributed by atoms with Gasteiger partial charge in [-0.3, -0.25) is 0 Å². The van der Waals surface area contributed by atoms with E-state index in [0.29, 0.717) is 6.42 Å². The van der Waals surface area contributed by atoms with Crippen molar-refractivity contribution in [1.82, 2.24) is 0 Å². The van der Waals surface area contributed by atoms with Crippen LogP contribution in [0.3, 0.4) is 0 Å². The molecule has 0 heterocycles.